The molecule has 14 heavy (non-hydrogen) atoms. The minimum Gasteiger partial charge on any atom is -0.481 e. The summed E-state index contributed by atoms with van der Waals surface area (Å²) < 4.78 is 0. The molecule has 2 aliphatic rings. The quantitative estimate of drug-likeness (QED) is 0.690. The summed E-state index contributed by atoms with van der Waals surface area (Å²) in [5.41, 5.74) is 0.914. The van der Waals surface area contributed by atoms with Crippen LogP contribution < -0.4 is 0 Å². The van der Waals surface area contributed by atoms with E-state index in [0.29, 0.717) is 0 Å². The molecule has 0 saturated carbocycles. The molecule has 2 rings (SSSR count). The molecule has 3 heteroatoms. The van der Waals surface area contributed by atoms with Crippen LogP contribution in [-0.2, 0) is 4.79 Å². The van der Waals surface area contributed by atoms with Gasteiger partial charge in [-0.2, -0.15) is 0 Å². The van der Waals surface area contributed by atoms with Crippen molar-refractivity contribution in [1.29, 1.82) is 0 Å². The zero-order valence-corrected chi connectivity index (χ0v) is 6.92. The molecule has 0 bridgehead atoms. The summed E-state index contributed by atoms with van der Waals surface area (Å²) in [7, 11) is 0. The highest BCUT2D eigenvalue weighted by Gasteiger charge is 2.17. The SMILES string of the molecule is C.O=C(O)C1C=CN2C=CC=CC2=C1. The van der Waals surface area contributed by atoms with Crippen LogP contribution in [0, 0.1) is 5.92 Å². The number of hydrogen-bond acceptors (Lipinski definition) is 2. The van der Waals surface area contributed by atoms with Gasteiger partial charge in [0.05, 0.1) is 5.92 Å². The Hall–Kier alpha value is -1.77. The van der Waals surface area contributed by atoms with Crippen molar-refractivity contribution < 1.29 is 9.90 Å². The zero-order valence-electron chi connectivity index (χ0n) is 6.92. The fourth-order valence-electron chi connectivity index (χ4n) is 1.32. The van der Waals surface area contributed by atoms with Crippen LogP contribution in [0.3, 0.4) is 0 Å². The maximum absolute atomic E-state index is 10.7. The first-order valence-electron chi connectivity index (χ1n) is 4.03. The van der Waals surface area contributed by atoms with E-state index in [1.807, 2.05) is 29.3 Å². The highest BCUT2D eigenvalue weighted by atomic mass is 16.4. The van der Waals surface area contributed by atoms with Crippen molar-refractivity contribution in [2.45, 2.75) is 7.43 Å². The first-order valence-corrected chi connectivity index (χ1v) is 4.03. The molecule has 1 N–H and O–H groups in total. The summed E-state index contributed by atoms with van der Waals surface area (Å²) in [6.07, 6.45) is 12.7. The molecular formula is C11H13NO2. The van der Waals surface area contributed by atoms with Gasteiger partial charge in [0.25, 0.3) is 0 Å². The molecule has 1 unspecified atom stereocenters. The minimum absolute atomic E-state index is 0. The number of hydrogen-bond donors (Lipinski definition) is 1. The molecule has 0 spiro atoms. The summed E-state index contributed by atoms with van der Waals surface area (Å²) in [5, 5.41) is 8.77. The van der Waals surface area contributed by atoms with Crippen LogP contribution in [0.1, 0.15) is 7.43 Å². The maximum atomic E-state index is 10.7. The number of rotatable bonds is 1. The Kier molecular flexibility index (Phi) is 2.92. The van der Waals surface area contributed by atoms with Crippen molar-refractivity contribution in [1.82, 2.24) is 4.90 Å². The number of nitrogens with zero attached hydrogens (tertiary/aromatic N) is 1. The second-order valence-electron chi connectivity index (χ2n) is 2.90. The van der Waals surface area contributed by atoms with Gasteiger partial charge < -0.3 is 10.0 Å². The Balaban J connectivity index is 0.000000980. The fraction of sp³-hybridized carbons (Fsp3) is 0.182. The molecule has 0 aromatic heterocycles. The van der Waals surface area contributed by atoms with Crippen LogP contribution in [0.2, 0.25) is 0 Å². The predicted molar refractivity (Wildman–Crippen MR) is 55.2 cm³/mol. The first-order chi connectivity index (χ1) is 6.27. The Morgan fingerprint density at radius 3 is 2.86 bits per heavy atom. The second kappa shape index (κ2) is 3.96. The molecule has 0 fully saturated rings. The van der Waals surface area contributed by atoms with Crippen LogP contribution in [0.5, 0.6) is 0 Å². The topological polar surface area (TPSA) is 40.5 Å². The van der Waals surface area contributed by atoms with E-state index >= 15 is 0 Å². The lowest BCUT2D eigenvalue weighted by Crippen LogP contribution is -2.19. The normalized spacial score (nSPS) is 22.4. The van der Waals surface area contributed by atoms with E-state index < -0.39 is 11.9 Å². The van der Waals surface area contributed by atoms with E-state index in [4.69, 9.17) is 5.11 Å². The largest absolute Gasteiger partial charge is 0.481 e. The zero-order chi connectivity index (χ0) is 9.26. The summed E-state index contributed by atoms with van der Waals surface area (Å²) >= 11 is 0. The molecule has 3 nitrogen and oxygen atoms in total. The molecule has 0 aromatic rings. The average molecular weight is 191 g/mol. The highest BCUT2D eigenvalue weighted by Crippen LogP contribution is 2.21. The Morgan fingerprint density at radius 1 is 1.36 bits per heavy atom. The summed E-state index contributed by atoms with van der Waals surface area (Å²) in [6, 6.07) is 0. The van der Waals surface area contributed by atoms with Gasteiger partial charge in [-0.3, -0.25) is 4.79 Å². The number of aliphatic carboxylic acids is 1. The first kappa shape index (κ1) is 10.3. The lowest BCUT2D eigenvalue weighted by atomic mass is 10.0. The monoisotopic (exact) mass is 191 g/mol. The molecule has 0 aromatic carbocycles. The summed E-state index contributed by atoms with van der Waals surface area (Å²) in [5.74, 6) is -1.31. The number of carboxylic acid groups (broad SMARTS) is 1. The molecular weight excluding hydrogens is 178 g/mol. The van der Waals surface area contributed by atoms with Crippen molar-refractivity contribution >= 4 is 5.97 Å². The molecule has 1 atom stereocenters. The van der Waals surface area contributed by atoms with E-state index in [0.717, 1.165) is 5.70 Å². The standard InChI is InChI=1S/C10H9NO2.CH4/c12-10(13)8-4-6-11-5-2-1-3-9(11)7-8;/h1-8H,(H,12,13);1H4. The predicted octanol–water partition coefficient (Wildman–Crippen LogP) is 2.12. The van der Waals surface area contributed by atoms with Crippen molar-refractivity contribution in [3.05, 3.63) is 48.5 Å². The van der Waals surface area contributed by atoms with Crippen LogP contribution in [-0.4, -0.2) is 16.0 Å². The van der Waals surface area contributed by atoms with Crippen molar-refractivity contribution in [2.24, 2.45) is 5.92 Å². The third kappa shape index (κ3) is 1.76. The summed E-state index contributed by atoms with van der Waals surface area (Å²) in [4.78, 5) is 12.6. The Labute approximate surface area is 83.3 Å². The van der Waals surface area contributed by atoms with Gasteiger partial charge in [0.15, 0.2) is 0 Å². The Morgan fingerprint density at radius 2 is 2.14 bits per heavy atom. The van der Waals surface area contributed by atoms with Gasteiger partial charge >= 0.3 is 5.97 Å². The number of carbonyl (C=O) groups is 1. The number of fused-ring (bicyclic) bond motifs is 1. The van der Waals surface area contributed by atoms with E-state index in [1.54, 1.807) is 18.4 Å². The molecule has 2 aliphatic heterocycles. The number of allylic oxidation sites excluding steroid dienone is 3. The molecule has 0 aliphatic carbocycles. The van der Waals surface area contributed by atoms with E-state index in [9.17, 15) is 4.79 Å². The van der Waals surface area contributed by atoms with Gasteiger partial charge in [-0.1, -0.05) is 13.5 Å². The smallest absolute Gasteiger partial charge is 0.314 e. The molecule has 74 valence electrons. The van der Waals surface area contributed by atoms with Gasteiger partial charge in [0, 0.05) is 18.1 Å². The average Bonchev–Trinajstić information content (AvgIpc) is 2.17. The molecule has 0 amide bonds. The third-order valence-corrected chi connectivity index (χ3v) is 2.01. The van der Waals surface area contributed by atoms with Gasteiger partial charge in [-0.05, 0) is 24.3 Å². The second-order valence-corrected chi connectivity index (χ2v) is 2.90. The van der Waals surface area contributed by atoms with Gasteiger partial charge in [0.2, 0.25) is 0 Å². The van der Waals surface area contributed by atoms with Crippen LogP contribution in [0.4, 0.5) is 0 Å². The van der Waals surface area contributed by atoms with Crippen LogP contribution in [0.15, 0.2) is 48.5 Å². The van der Waals surface area contributed by atoms with Gasteiger partial charge in [-0.25, -0.2) is 0 Å². The number of carboxylic acids is 1. The minimum atomic E-state index is -0.814. The van der Waals surface area contributed by atoms with E-state index in [2.05, 4.69) is 0 Å². The lowest BCUT2D eigenvalue weighted by molar-refractivity contribution is -0.138. The van der Waals surface area contributed by atoms with Gasteiger partial charge in [-0.15, -0.1) is 0 Å². The van der Waals surface area contributed by atoms with E-state index in [-0.39, 0.29) is 7.43 Å². The lowest BCUT2D eigenvalue weighted by Gasteiger charge is -2.24. The molecule has 0 saturated heterocycles. The van der Waals surface area contributed by atoms with E-state index in [1.165, 1.54) is 0 Å². The van der Waals surface area contributed by atoms with Crippen molar-refractivity contribution in [3.63, 3.8) is 0 Å². The van der Waals surface area contributed by atoms with Crippen LogP contribution >= 0.6 is 0 Å². The fourth-order valence-corrected chi connectivity index (χ4v) is 1.32. The highest BCUT2D eigenvalue weighted by molar-refractivity contribution is 5.75. The maximum Gasteiger partial charge on any atom is 0.314 e. The van der Waals surface area contributed by atoms with Crippen molar-refractivity contribution in [2.75, 3.05) is 0 Å². The van der Waals surface area contributed by atoms with Crippen molar-refractivity contribution in [3.8, 4) is 0 Å². The summed E-state index contributed by atoms with van der Waals surface area (Å²) in [6.45, 7) is 0. The molecule has 2 heterocycles. The van der Waals surface area contributed by atoms with Gasteiger partial charge in [0.1, 0.15) is 0 Å². The molecule has 0 radical (unpaired) electrons. The third-order valence-electron chi connectivity index (χ3n) is 2.01. The Bertz CT molecular complexity index is 350. The van der Waals surface area contributed by atoms with Crippen LogP contribution in [0.25, 0.3) is 0 Å².